The summed E-state index contributed by atoms with van der Waals surface area (Å²) in [6.45, 7) is 1.02. The Labute approximate surface area is 113 Å². The first-order valence-corrected chi connectivity index (χ1v) is 6.17. The summed E-state index contributed by atoms with van der Waals surface area (Å²) in [7, 11) is 1.91. The van der Waals surface area contributed by atoms with Crippen molar-refractivity contribution in [1.82, 2.24) is 9.78 Å². The van der Waals surface area contributed by atoms with Crippen molar-refractivity contribution < 1.29 is 4.74 Å². The highest BCUT2D eigenvalue weighted by Gasteiger charge is 1.98. The van der Waals surface area contributed by atoms with Crippen molar-refractivity contribution >= 4 is 0 Å². The molecule has 0 fully saturated rings. The van der Waals surface area contributed by atoms with Crippen LogP contribution in [-0.2, 0) is 13.5 Å². The summed E-state index contributed by atoms with van der Waals surface area (Å²) in [6.07, 6.45) is 4.70. The highest BCUT2D eigenvalue weighted by Crippen LogP contribution is 2.12. The SMILES string of the molecule is Cn1cc(CCOc2ccc(C#CCN)cc2)cn1. The van der Waals surface area contributed by atoms with Crippen molar-refractivity contribution in [3.05, 3.63) is 47.8 Å². The molecule has 0 saturated heterocycles. The van der Waals surface area contributed by atoms with Gasteiger partial charge < -0.3 is 10.5 Å². The Balaban J connectivity index is 1.83. The third-order valence-corrected chi connectivity index (χ3v) is 2.61. The molecular weight excluding hydrogens is 238 g/mol. The van der Waals surface area contributed by atoms with Crippen LogP contribution < -0.4 is 10.5 Å². The second-order valence-corrected chi connectivity index (χ2v) is 4.15. The summed E-state index contributed by atoms with van der Waals surface area (Å²) in [6, 6.07) is 7.71. The minimum Gasteiger partial charge on any atom is -0.493 e. The molecule has 0 atom stereocenters. The van der Waals surface area contributed by atoms with Crippen molar-refractivity contribution in [3.8, 4) is 17.6 Å². The Hall–Kier alpha value is -2.25. The topological polar surface area (TPSA) is 53.1 Å². The predicted molar refractivity (Wildman–Crippen MR) is 74.8 cm³/mol. The molecule has 2 rings (SSSR count). The first kappa shape index (κ1) is 13.2. The van der Waals surface area contributed by atoms with Crippen LogP contribution in [0, 0.1) is 11.8 Å². The summed E-state index contributed by atoms with van der Waals surface area (Å²) < 4.78 is 7.46. The van der Waals surface area contributed by atoms with Gasteiger partial charge in [-0.25, -0.2) is 0 Å². The van der Waals surface area contributed by atoms with Gasteiger partial charge in [0.1, 0.15) is 5.75 Å². The summed E-state index contributed by atoms with van der Waals surface area (Å²) in [5.74, 6) is 6.64. The zero-order valence-electron chi connectivity index (χ0n) is 11.0. The lowest BCUT2D eigenvalue weighted by atomic mass is 10.2. The van der Waals surface area contributed by atoms with Gasteiger partial charge in [0.15, 0.2) is 0 Å². The molecule has 0 spiro atoms. The lowest BCUT2D eigenvalue weighted by molar-refractivity contribution is 0.322. The maximum atomic E-state index is 5.67. The van der Waals surface area contributed by atoms with Crippen molar-refractivity contribution in [1.29, 1.82) is 0 Å². The van der Waals surface area contributed by atoms with Crippen molar-refractivity contribution in [2.45, 2.75) is 6.42 Å². The molecule has 0 radical (unpaired) electrons. The summed E-state index contributed by atoms with van der Waals surface area (Å²) in [4.78, 5) is 0. The van der Waals surface area contributed by atoms with Gasteiger partial charge in [-0.3, -0.25) is 4.68 Å². The smallest absolute Gasteiger partial charge is 0.119 e. The molecule has 0 aliphatic heterocycles. The van der Waals surface area contributed by atoms with Gasteiger partial charge in [-0.2, -0.15) is 5.10 Å². The van der Waals surface area contributed by atoms with Crippen LogP contribution in [0.3, 0.4) is 0 Å². The number of nitrogens with zero attached hydrogens (tertiary/aromatic N) is 2. The molecule has 1 aromatic heterocycles. The average Bonchev–Trinajstić information content (AvgIpc) is 2.84. The number of aryl methyl sites for hydroxylation is 1. The maximum absolute atomic E-state index is 5.67. The molecule has 19 heavy (non-hydrogen) atoms. The molecule has 0 amide bonds. The molecule has 0 aliphatic carbocycles. The van der Waals surface area contributed by atoms with Crippen LogP contribution in [0.4, 0.5) is 0 Å². The number of hydrogen-bond donors (Lipinski definition) is 1. The molecular formula is C15H17N3O. The standard InChI is InChI=1S/C15H17N3O/c1-18-12-14(11-17-18)8-10-19-15-6-4-13(5-7-15)3-2-9-16/h4-7,11-12H,8-10,16H2,1H3. The first-order chi connectivity index (χ1) is 9.28. The second-order valence-electron chi connectivity index (χ2n) is 4.15. The lowest BCUT2D eigenvalue weighted by Crippen LogP contribution is -2.00. The number of rotatable bonds is 4. The first-order valence-electron chi connectivity index (χ1n) is 6.17. The van der Waals surface area contributed by atoms with Gasteiger partial charge in [-0.05, 0) is 29.8 Å². The van der Waals surface area contributed by atoms with Crippen molar-refractivity contribution in [3.63, 3.8) is 0 Å². The van der Waals surface area contributed by atoms with E-state index in [-0.39, 0.29) is 0 Å². The zero-order chi connectivity index (χ0) is 13.5. The normalized spacial score (nSPS) is 9.79. The molecule has 2 N–H and O–H groups in total. The fraction of sp³-hybridized carbons (Fsp3) is 0.267. The molecule has 2 aromatic rings. The van der Waals surface area contributed by atoms with E-state index in [1.807, 2.05) is 43.7 Å². The van der Waals surface area contributed by atoms with Gasteiger partial charge in [0, 0.05) is 25.2 Å². The Bertz CT molecular complexity index is 575. The van der Waals surface area contributed by atoms with Gasteiger partial charge >= 0.3 is 0 Å². The molecule has 1 heterocycles. The quantitative estimate of drug-likeness (QED) is 0.839. The third kappa shape index (κ3) is 4.16. The van der Waals surface area contributed by atoms with Gasteiger partial charge in [0.25, 0.3) is 0 Å². The average molecular weight is 255 g/mol. The second kappa shape index (κ2) is 6.62. The minimum absolute atomic E-state index is 0.378. The lowest BCUT2D eigenvalue weighted by Gasteiger charge is -2.04. The number of ether oxygens (including phenoxy) is 1. The minimum atomic E-state index is 0.378. The predicted octanol–water partition coefficient (Wildman–Crippen LogP) is 1.35. The van der Waals surface area contributed by atoms with Crippen LogP contribution in [0.2, 0.25) is 0 Å². The monoisotopic (exact) mass is 255 g/mol. The Morgan fingerprint density at radius 2 is 2.11 bits per heavy atom. The fourth-order valence-corrected chi connectivity index (χ4v) is 1.68. The number of hydrogen-bond acceptors (Lipinski definition) is 3. The van der Waals surface area contributed by atoms with E-state index >= 15 is 0 Å². The van der Waals surface area contributed by atoms with E-state index in [0.29, 0.717) is 13.2 Å². The number of aromatic nitrogens is 2. The molecule has 98 valence electrons. The van der Waals surface area contributed by atoms with Gasteiger partial charge in [-0.15, -0.1) is 0 Å². The highest BCUT2D eigenvalue weighted by atomic mass is 16.5. The van der Waals surface area contributed by atoms with E-state index in [2.05, 4.69) is 16.9 Å². The summed E-state index contributed by atoms with van der Waals surface area (Å²) in [5, 5.41) is 4.12. The molecule has 0 aliphatic rings. The van der Waals surface area contributed by atoms with E-state index in [9.17, 15) is 0 Å². The Kier molecular flexibility index (Phi) is 4.60. The molecule has 0 bridgehead atoms. The van der Waals surface area contributed by atoms with Crippen molar-refractivity contribution in [2.24, 2.45) is 12.8 Å². The molecule has 0 saturated carbocycles. The van der Waals surface area contributed by atoms with E-state index in [4.69, 9.17) is 10.5 Å². The number of nitrogens with two attached hydrogens (primary N) is 1. The summed E-state index contributed by atoms with van der Waals surface area (Å²) in [5.41, 5.74) is 7.45. The number of benzene rings is 1. The van der Waals surface area contributed by atoms with E-state index < -0.39 is 0 Å². The van der Waals surface area contributed by atoms with Gasteiger partial charge in [0.05, 0.1) is 19.3 Å². The third-order valence-electron chi connectivity index (χ3n) is 2.61. The maximum Gasteiger partial charge on any atom is 0.119 e. The van der Waals surface area contributed by atoms with Crippen molar-refractivity contribution in [2.75, 3.05) is 13.2 Å². The van der Waals surface area contributed by atoms with E-state index in [1.165, 1.54) is 5.56 Å². The van der Waals surface area contributed by atoms with Crippen LogP contribution >= 0.6 is 0 Å². The molecule has 4 heteroatoms. The van der Waals surface area contributed by atoms with E-state index in [0.717, 1.165) is 17.7 Å². The van der Waals surface area contributed by atoms with Crippen LogP contribution in [0.1, 0.15) is 11.1 Å². The van der Waals surface area contributed by atoms with Crippen LogP contribution in [-0.4, -0.2) is 22.9 Å². The van der Waals surface area contributed by atoms with Gasteiger partial charge in [-0.1, -0.05) is 11.8 Å². The Morgan fingerprint density at radius 1 is 1.32 bits per heavy atom. The van der Waals surface area contributed by atoms with Crippen LogP contribution in [0.25, 0.3) is 0 Å². The fourth-order valence-electron chi connectivity index (χ4n) is 1.68. The largest absolute Gasteiger partial charge is 0.493 e. The molecule has 4 nitrogen and oxygen atoms in total. The van der Waals surface area contributed by atoms with Crippen LogP contribution in [0.5, 0.6) is 5.75 Å². The van der Waals surface area contributed by atoms with E-state index in [1.54, 1.807) is 4.68 Å². The highest BCUT2D eigenvalue weighted by molar-refractivity contribution is 5.38. The molecule has 0 unspecified atom stereocenters. The van der Waals surface area contributed by atoms with Crippen LogP contribution in [0.15, 0.2) is 36.7 Å². The Morgan fingerprint density at radius 3 is 2.74 bits per heavy atom. The molecule has 1 aromatic carbocycles. The zero-order valence-corrected chi connectivity index (χ0v) is 11.0. The summed E-state index contributed by atoms with van der Waals surface area (Å²) >= 11 is 0. The van der Waals surface area contributed by atoms with Gasteiger partial charge in [0.2, 0.25) is 0 Å².